The first-order valence-electron chi connectivity index (χ1n) is 10.00. The van der Waals surface area contributed by atoms with Crippen molar-refractivity contribution in [3.05, 3.63) is 39.2 Å². The lowest BCUT2D eigenvalue weighted by molar-refractivity contribution is -0.309. The van der Waals surface area contributed by atoms with Crippen molar-refractivity contribution in [3.63, 3.8) is 0 Å². The molecule has 2 rings (SSSR count). The van der Waals surface area contributed by atoms with Crippen molar-refractivity contribution in [2.24, 2.45) is 5.92 Å². The van der Waals surface area contributed by atoms with Gasteiger partial charge in [-0.1, -0.05) is 20.3 Å². The normalized spacial score (nSPS) is 12.8. The molecule has 9 nitrogen and oxygen atoms in total. The summed E-state index contributed by atoms with van der Waals surface area (Å²) in [5.41, 5.74) is 1.89. The van der Waals surface area contributed by atoms with Crippen molar-refractivity contribution in [1.82, 2.24) is 10.6 Å². The quantitative estimate of drug-likeness (QED) is 0.551. The molecule has 0 aliphatic carbocycles. The first-order chi connectivity index (χ1) is 14.6. The average Bonchev–Trinajstić information content (AvgIpc) is 2.73. The molecule has 9 heteroatoms. The SMILES string of the molecule is CC[C@H](C)[C@H](NC(=O)CNC(=O)COc1ccc2c(C)c(C)c(=O)oc2c1C)C(=O)[O-]. The monoisotopic (exact) mass is 431 g/mol. The van der Waals surface area contributed by atoms with Crippen LogP contribution < -0.4 is 26.1 Å². The third-order valence-corrected chi connectivity index (χ3v) is 5.41. The van der Waals surface area contributed by atoms with Crippen LogP contribution in [0.1, 0.15) is 37.0 Å². The number of fused-ring (bicyclic) bond motifs is 1. The predicted molar refractivity (Wildman–Crippen MR) is 112 cm³/mol. The maximum absolute atomic E-state index is 12.0. The molecule has 0 radical (unpaired) electrons. The number of aliphatic carboxylic acids is 1. The lowest BCUT2D eigenvalue weighted by atomic mass is 9.99. The van der Waals surface area contributed by atoms with Gasteiger partial charge in [-0.25, -0.2) is 4.79 Å². The Kier molecular flexibility index (Phi) is 7.79. The summed E-state index contributed by atoms with van der Waals surface area (Å²) < 4.78 is 10.9. The minimum atomic E-state index is -1.37. The van der Waals surface area contributed by atoms with Gasteiger partial charge < -0.3 is 29.7 Å². The summed E-state index contributed by atoms with van der Waals surface area (Å²) in [5, 5.41) is 16.7. The van der Waals surface area contributed by atoms with E-state index in [2.05, 4.69) is 10.6 Å². The summed E-state index contributed by atoms with van der Waals surface area (Å²) in [6.45, 7) is 7.96. The standard InChI is InChI=1S/C22H28N2O7/c1-6-11(2)19(21(27)28)24-17(25)9-23-18(26)10-30-16-8-7-15-12(3)13(4)22(29)31-20(15)14(16)5/h7-8,11,19H,6,9-10H2,1-5H3,(H,23,26)(H,24,25)(H,27,28)/p-1/t11-,19-/m0/s1. The smallest absolute Gasteiger partial charge is 0.339 e. The first kappa shape index (κ1) is 23.9. The largest absolute Gasteiger partial charge is 0.548 e. The summed E-state index contributed by atoms with van der Waals surface area (Å²) >= 11 is 0. The molecule has 2 aromatic rings. The summed E-state index contributed by atoms with van der Waals surface area (Å²) in [4.78, 5) is 47.1. The molecule has 0 bridgehead atoms. The zero-order valence-electron chi connectivity index (χ0n) is 18.3. The van der Waals surface area contributed by atoms with Gasteiger partial charge in [-0.3, -0.25) is 9.59 Å². The van der Waals surface area contributed by atoms with Gasteiger partial charge in [0.25, 0.3) is 5.91 Å². The number of amides is 2. The van der Waals surface area contributed by atoms with Crippen LogP contribution in [0.4, 0.5) is 0 Å². The minimum absolute atomic E-state index is 0.309. The van der Waals surface area contributed by atoms with Crippen LogP contribution >= 0.6 is 0 Å². The molecule has 2 atom stereocenters. The molecular weight excluding hydrogens is 404 g/mol. The Labute approximate surface area is 179 Å². The number of rotatable bonds is 9. The average molecular weight is 431 g/mol. The molecule has 0 unspecified atom stereocenters. The molecule has 31 heavy (non-hydrogen) atoms. The summed E-state index contributed by atoms with van der Waals surface area (Å²) in [6, 6.07) is 2.30. The van der Waals surface area contributed by atoms with Crippen molar-refractivity contribution in [1.29, 1.82) is 0 Å². The van der Waals surface area contributed by atoms with Crippen molar-refractivity contribution in [2.75, 3.05) is 13.2 Å². The van der Waals surface area contributed by atoms with E-state index in [9.17, 15) is 24.3 Å². The number of carboxylic acids is 1. The van der Waals surface area contributed by atoms with Crippen LogP contribution in [0, 0.1) is 26.7 Å². The molecule has 0 saturated heterocycles. The van der Waals surface area contributed by atoms with E-state index in [0.29, 0.717) is 28.9 Å². The third kappa shape index (κ3) is 5.62. The van der Waals surface area contributed by atoms with Crippen LogP contribution in [0.15, 0.2) is 21.3 Å². The van der Waals surface area contributed by atoms with E-state index in [4.69, 9.17) is 9.15 Å². The Hall–Kier alpha value is -3.36. The second-order valence-electron chi connectivity index (χ2n) is 7.52. The zero-order chi connectivity index (χ0) is 23.3. The van der Waals surface area contributed by atoms with E-state index in [0.717, 1.165) is 10.9 Å². The van der Waals surface area contributed by atoms with Crippen molar-refractivity contribution in [2.45, 2.75) is 47.1 Å². The van der Waals surface area contributed by atoms with E-state index in [1.54, 1.807) is 39.8 Å². The summed E-state index contributed by atoms with van der Waals surface area (Å²) in [5.74, 6) is -2.52. The maximum Gasteiger partial charge on any atom is 0.339 e. The minimum Gasteiger partial charge on any atom is -0.548 e. The Bertz CT molecular complexity index is 1060. The van der Waals surface area contributed by atoms with Gasteiger partial charge in [0, 0.05) is 16.5 Å². The van der Waals surface area contributed by atoms with E-state index in [-0.39, 0.29) is 12.5 Å². The highest BCUT2D eigenvalue weighted by molar-refractivity contribution is 5.88. The van der Waals surface area contributed by atoms with Gasteiger partial charge in [0.2, 0.25) is 5.91 Å². The predicted octanol–water partition coefficient (Wildman–Crippen LogP) is 0.494. The second-order valence-corrected chi connectivity index (χ2v) is 7.52. The molecule has 168 valence electrons. The molecule has 1 aromatic carbocycles. The van der Waals surface area contributed by atoms with E-state index in [1.807, 2.05) is 6.92 Å². The Morgan fingerprint density at radius 2 is 1.77 bits per heavy atom. The fourth-order valence-electron chi connectivity index (χ4n) is 3.05. The molecule has 0 aliphatic rings. The van der Waals surface area contributed by atoms with Gasteiger partial charge in [0.1, 0.15) is 11.3 Å². The Balaban J connectivity index is 1.97. The van der Waals surface area contributed by atoms with Crippen molar-refractivity contribution >= 4 is 28.8 Å². The molecular formula is C22H27N2O7-. The highest BCUT2D eigenvalue weighted by atomic mass is 16.5. The van der Waals surface area contributed by atoms with E-state index >= 15 is 0 Å². The van der Waals surface area contributed by atoms with Crippen LogP contribution in [-0.4, -0.2) is 37.0 Å². The van der Waals surface area contributed by atoms with Crippen LogP contribution in [-0.2, 0) is 14.4 Å². The topological polar surface area (TPSA) is 138 Å². The first-order valence-corrected chi connectivity index (χ1v) is 10.00. The molecule has 0 aliphatic heterocycles. The summed E-state index contributed by atoms with van der Waals surface area (Å²) in [6.07, 6.45) is 0.545. The third-order valence-electron chi connectivity index (χ3n) is 5.41. The number of aryl methyl sites for hydroxylation is 2. The maximum atomic E-state index is 12.0. The number of benzene rings is 1. The molecule has 1 heterocycles. The van der Waals surface area contributed by atoms with Crippen LogP contribution in [0.3, 0.4) is 0 Å². The van der Waals surface area contributed by atoms with Crippen LogP contribution in [0.25, 0.3) is 11.0 Å². The molecule has 2 amide bonds. The summed E-state index contributed by atoms with van der Waals surface area (Å²) in [7, 11) is 0. The number of carbonyl (C=O) groups is 3. The number of ether oxygens (including phenoxy) is 1. The number of carboxylic acid groups (broad SMARTS) is 1. The zero-order valence-corrected chi connectivity index (χ0v) is 18.3. The van der Waals surface area contributed by atoms with Gasteiger partial charge in [-0.05, 0) is 44.4 Å². The van der Waals surface area contributed by atoms with Gasteiger partial charge in [0.15, 0.2) is 6.61 Å². The molecule has 0 fully saturated rings. The van der Waals surface area contributed by atoms with E-state index < -0.39 is 36.0 Å². The van der Waals surface area contributed by atoms with Crippen LogP contribution in [0.5, 0.6) is 5.75 Å². The van der Waals surface area contributed by atoms with Crippen LogP contribution in [0.2, 0.25) is 0 Å². The number of carbonyl (C=O) groups excluding carboxylic acids is 3. The van der Waals surface area contributed by atoms with Gasteiger partial charge in [-0.15, -0.1) is 0 Å². The molecule has 0 saturated carbocycles. The lowest BCUT2D eigenvalue weighted by Gasteiger charge is -2.25. The highest BCUT2D eigenvalue weighted by Crippen LogP contribution is 2.29. The van der Waals surface area contributed by atoms with Crippen molar-refractivity contribution < 1.29 is 28.6 Å². The Morgan fingerprint density at radius 1 is 1.10 bits per heavy atom. The van der Waals surface area contributed by atoms with Gasteiger partial charge in [0.05, 0.1) is 18.6 Å². The van der Waals surface area contributed by atoms with Gasteiger partial charge in [-0.2, -0.15) is 0 Å². The molecule has 0 spiro atoms. The molecule has 2 N–H and O–H groups in total. The van der Waals surface area contributed by atoms with E-state index in [1.165, 1.54) is 0 Å². The fourth-order valence-corrected chi connectivity index (χ4v) is 3.05. The second kappa shape index (κ2) is 10.1. The van der Waals surface area contributed by atoms with Gasteiger partial charge >= 0.3 is 5.63 Å². The molecule has 1 aromatic heterocycles. The van der Waals surface area contributed by atoms with Crippen molar-refractivity contribution in [3.8, 4) is 5.75 Å². The highest BCUT2D eigenvalue weighted by Gasteiger charge is 2.20. The number of nitrogens with one attached hydrogen (secondary N) is 2. The Morgan fingerprint density at radius 3 is 2.39 bits per heavy atom. The number of hydrogen-bond acceptors (Lipinski definition) is 7. The number of hydrogen-bond donors (Lipinski definition) is 2. The fraction of sp³-hybridized carbons (Fsp3) is 0.455. The lowest BCUT2D eigenvalue weighted by Crippen LogP contribution is -2.53.